The van der Waals surface area contributed by atoms with Crippen molar-refractivity contribution < 1.29 is 40.9 Å². The van der Waals surface area contributed by atoms with Crippen molar-refractivity contribution >= 4 is 39.2 Å². The van der Waals surface area contributed by atoms with Gasteiger partial charge in [0.05, 0.1) is 12.5 Å². The van der Waals surface area contributed by atoms with Gasteiger partial charge < -0.3 is 24.6 Å². The van der Waals surface area contributed by atoms with Gasteiger partial charge in [0, 0.05) is 29.3 Å². The first kappa shape index (κ1) is 30.4. The smallest absolute Gasteiger partial charge is 0.324 e. The number of rotatable bonds is 9. The summed E-state index contributed by atoms with van der Waals surface area (Å²) in [7, 11) is -3.67. The number of hydrogen-bond donors (Lipinski definition) is 3. The highest BCUT2D eigenvalue weighted by Gasteiger charge is 2.53. The van der Waals surface area contributed by atoms with Crippen molar-refractivity contribution in [2.24, 2.45) is 0 Å². The Bertz CT molecular complexity index is 1570. The molecule has 2 unspecified atom stereocenters. The van der Waals surface area contributed by atoms with Crippen LogP contribution in [0.5, 0.6) is 5.75 Å². The van der Waals surface area contributed by atoms with E-state index in [1.165, 1.54) is 6.20 Å². The minimum atomic E-state index is -3.67. The van der Waals surface area contributed by atoms with E-state index in [2.05, 4.69) is 26.1 Å². The molecule has 3 amide bonds. The van der Waals surface area contributed by atoms with E-state index in [1.54, 1.807) is 42.5 Å². The molecule has 14 nitrogen and oxygen atoms in total. The molecule has 3 aromatic rings. The Morgan fingerprint density at radius 1 is 1.02 bits per heavy atom. The summed E-state index contributed by atoms with van der Waals surface area (Å²) < 4.78 is 45.8. The third-order valence-corrected chi connectivity index (χ3v) is 7.64. The molecule has 0 saturated carbocycles. The van der Waals surface area contributed by atoms with Crippen LogP contribution in [-0.4, -0.2) is 79.8 Å². The lowest BCUT2D eigenvalue weighted by Gasteiger charge is -2.40. The second-order valence-electron chi connectivity index (χ2n) is 11.7. The van der Waals surface area contributed by atoms with Crippen LogP contribution < -0.4 is 20.7 Å². The summed E-state index contributed by atoms with van der Waals surface area (Å²) in [5, 5.41) is 11.9. The lowest BCUT2D eigenvalue weighted by Crippen LogP contribution is -2.62. The Morgan fingerprint density at radius 3 is 2.28 bits per heavy atom. The summed E-state index contributed by atoms with van der Waals surface area (Å²) in [6.07, 6.45) is 2.81. The first-order chi connectivity index (χ1) is 20.3. The van der Waals surface area contributed by atoms with Crippen molar-refractivity contribution in [2.45, 2.75) is 44.8 Å². The van der Waals surface area contributed by atoms with Crippen LogP contribution >= 0.6 is 0 Å². The summed E-state index contributed by atoms with van der Waals surface area (Å²) in [5.74, 6) is 0.986. The number of anilines is 3. The first-order valence-corrected chi connectivity index (χ1v) is 15.5. The second kappa shape index (κ2) is 11.9. The van der Waals surface area contributed by atoms with Crippen LogP contribution in [0.2, 0.25) is 0 Å². The third-order valence-electron chi connectivity index (χ3n) is 7.08. The number of quaternary nitrogens is 1. The molecule has 0 radical (unpaired) electrons. The largest absolute Gasteiger partial charge is 0.483 e. The number of hydroxylamine groups is 3. The number of nitrogens with one attached hydrogen (secondary N) is 3. The van der Waals surface area contributed by atoms with E-state index in [0.29, 0.717) is 61.4 Å². The minimum absolute atomic E-state index is 0.0454. The van der Waals surface area contributed by atoms with Crippen molar-refractivity contribution in [1.82, 2.24) is 10.1 Å². The molecule has 2 aromatic heterocycles. The predicted molar refractivity (Wildman–Crippen MR) is 156 cm³/mol. The Hall–Kier alpha value is -4.05. The van der Waals surface area contributed by atoms with Crippen molar-refractivity contribution in [1.29, 1.82) is 0 Å². The summed E-state index contributed by atoms with van der Waals surface area (Å²) in [4.78, 5) is 29.3. The summed E-state index contributed by atoms with van der Waals surface area (Å²) >= 11 is 0. The van der Waals surface area contributed by atoms with Crippen LogP contribution in [0.15, 0.2) is 53.2 Å². The van der Waals surface area contributed by atoms with E-state index in [0.717, 1.165) is 6.26 Å². The van der Waals surface area contributed by atoms with Crippen molar-refractivity contribution in [3.05, 3.63) is 60.1 Å². The Labute approximate surface area is 249 Å². The Kier molecular flexibility index (Phi) is 8.42. The van der Waals surface area contributed by atoms with E-state index in [4.69, 9.17) is 18.3 Å². The molecule has 230 valence electrons. The monoisotopic (exact) mass is 615 g/mol. The van der Waals surface area contributed by atoms with Crippen LogP contribution in [0.25, 0.3) is 0 Å². The molecule has 0 spiro atoms. The van der Waals surface area contributed by atoms with Gasteiger partial charge in [-0.1, -0.05) is 30.2 Å². The Balaban J connectivity index is 1.11. The molecule has 5 rings (SSSR count). The molecule has 15 heteroatoms. The molecule has 2 aliphatic rings. The molecular weight excluding hydrogens is 580 g/mol. The highest BCUT2D eigenvalue weighted by Crippen LogP contribution is 2.32. The number of benzene rings is 1. The molecule has 3 N–H and O–H groups in total. The molecule has 2 aliphatic heterocycles. The van der Waals surface area contributed by atoms with Crippen LogP contribution in [0, 0.1) is 0 Å². The average molecular weight is 616 g/mol. The van der Waals surface area contributed by atoms with Crippen molar-refractivity contribution in [2.75, 3.05) is 48.5 Å². The fourth-order valence-electron chi connectivity index (χ4n) is 4.79. The maximum atomic E-state index is 12.7. The molecule has 1 aromatic carbocycles. The van der Waals surface area contributed by atoms with Gasteiger partial charge in [-0.05, 0) is 36.4 Å². The van der Waals surface area contributed by atoms with Gasteiger partial charge in [0.1, 0.15) is 43.5 Å². The zero-order chi connectivity index (χ0) is 30.8. The van der Waals surface area contributed by atoms with E-state index < -0.39 is 22.1 Å². The lowest BCUT2D eigenvalue weighted by molar-refractivity contribution is -1.10. The predicted octanol–water partition coefficient (Wildman–Crippen LogP) is 3.52. The van der Waals surface area contributed by atoms with Gasteiger partial charge in [-0.3, -0.25) is 10.1 Å². The fraction of sp³-hybridized carbons (Fsp3) is 0.429. The van der Waals surface area contributed by atoms with Crippen LogP contribution in [-0.2, 0) is 24.6 Å². The van der Waals surface area contributed by atoms with Gasteiger partial charge in [0.15, 0.2) is 18.0 Å². The molecule has 2 saturated heterocycles. The second-order valence-corrected chi connectivity index (χ2v) is 13.2. The van der Waals surface area contributed by atoms with Gasteiger partial charge in [-0.25, -0.2) is 9.78 Å². The number of amides is 3. The standard InChI is InChI=1S/C28H34N6O8S/c1-28(2,3)24-13-25(33-41-24)32-27(36)31-19-7-5-18(6-8-19)30-26(35)23-10-9-21(14-29-23)40-22-11-12-34(15-22,20-16-39-17-20)42-43(4,37)38/h5-10,13-14,20,22H,11-12,15-17H2,1-4H3,(H2-,29,30,31,32,33,35,36)/p+1. The third kappa shape index (κ3) is 7.67. The van der Waals surface area contributed by atoms with Crippen molar-refractivity contribution in [3.8, 4) is 5.75 Å². The molecule has 0 bridgehead atoms. The molecular formula is C28H35N6O8S+. The normalized spacial score (nSPS) is 20.7. The van der Waals surface area contributed by atoms with E-state index >= 15 is 0 Å². The quantitative estimate of drug-likeness (QED) is 0.303. The zero-order valence-electron chi connectivity index (χ0n) is 24.3. The summed E-state index contributed by atoms with van der Waals surface area (Å²) in [6, 6.07) is 10.9. The highest BCUT2D eigenvalue weighted by molar-refractivity contribution is 7.85. The molecule has 0 aliphatic carbocycles. The van der Waals surface area contributed by atoms with Gasteiger partial charge in [0.2, 0.25) is 0 Å². The van der Waals surface area contributed by atoms with Crippen LogP contribution in [0.4, 0.5) is 22.0 Å². The number of carbonyl (C=O) groups is 2. The number of carbonyl (C=O) groups excluding carboxylic acids is 2. The maximum absolute atomic E-state index is 12.7. The zero-order valence-corrected chi connectivity index (χ0v) is 25.1. The van der Waals surface area contributed by atoms with Crippen LogP contribution in [0.1, 0.15) is 43.4 Å². The number of aromatic nitrogens is 2. The lowest BCUT2D eigenvalue weighted by atomic mass is 9.93. The number of pyridine rings is 1. The highest BCUT2D eigenvalue weighted by atomic mass is 32.2. The maximum Gasteiger partial charge on any atom is 0.324 e. The Morgan fingerprint density at radius 2 is 1.72 bits per heavy atom. The van der Waals surface area contributed by atoms with E-state index in [9.17, 15) is 18.0 Å². The van der Waals surface area contributed by atoms with Crippen LogP contribution in [0.3, 0.4) is 0 Å². The fourth-order valence-corrected chi connectivity index (χ4v) is 5.58. The average Bonchev–Trinajstić information content (AvgIpc) is 3.51. The molecule has 2 atom stereocenters. The minimum Gasteiger partial charge on any atom is -0.483 e. The topological polar surface area (TPSA) is 171 Å². The van der Waals surface area contributed by atoms with Gasteiger partial charge in [-0.15, -0.1) is 0 Å². The number of hydrogen-bond acceptors (Lipinski definition) is 10. The van der Waals surface area contributed by atoms with Crippen molar-refractivity contribution in [3.63, 3.8) is 0 Å². The molecule has 4 heterocycles. The molecule has 43 heavy (non-hydrogen) atoms. The van der Waals surface area contributed by atoms with Gasteiger partial charge in [0.25, 0.3) is 5.91 Å². The SMILES string of the molecule is CC(C)(C)c1cc(NC(=O)Nc2ccc(NC(=O)c3ccc(OC4CC[N+](OS(C)(=O)=O)(C5COC5)C4)cn3)cc2)no1. The molecule has 2 fully saturated rings. The van der Waals surface area contributed by atoms with E-state index in [1.807, 2.05) is 20.8 Å². The van der Waals surface area contributed by atoms with E-state index in [-0.39, 0.29) is 27.9 Å². The summed E-state index contributed by atoms with van der Waals surface area (Å²) in [6.45, 7) is 7.64. The number of likely N-dealkylation sites (tertiary alicyclic amines) is 1. The number of nitrogens with zero attached hydrogens (tertiary/aromatic N) is 3. The number of urea groups is 1. The van der Waals surface area contributed by atoms with Gasteiger partial charge >= 0.3 is 16.1 Å². The first-order valence-electron chi connectivity index (χ1n) is 13.7. The van der Waals surface area contributed by atoms with Gasteiger partial charge in [-0.2, -0.15) is 13.1 Å². The summed E-state index contributed by atoms with van der Waals surface area (Å²) in [5.41, 5.74) is 0.966. The number of ether oxygens (including phenoxy) is 2.